The van der Waals surface area contributed by atoms with Crippen LogP contribution >= 0.6 is 0 Å². The fourth-order valence-electron chi connectivity index (χ4n) is 3.03. The average Bonchev–Trinajstić information content (AvgIpc) is 2.49. The van der Waals surface area contributed by atoms with E-state index in [2.05, 4.69) is 37.1 Å². The topological polar surface area (TPSA) is 32.3 Å². The zero-order chi connectivity index (χ0) is 15.2. The minimum atomic E-state index is 0.111. The number of nitrogens with zero attached hydrogens (tertiary/aromatic N) is 1. The molecule has 0 aromatic heterocycles. The third-order valence-electron chi connectivity index (χ3n) is 4.67. The Kier molecular flexibility index (Phi) is 5.80. The molecule has 116 valence electrons. The van der Waals surface area contributed by atoms with Crippen LogP contribution in [-0.4, -0.2) is 29.9 Å². The molecule has 0 aliphatic carbocycles. The van der Waals surface area contributed by atoms with Crippen LogP contribution in [0, 0.1) is 0 Å². The van der Waals surface area contributed by atoms with Crippen LogP contribution < -0.4 is 5.32 Å². The molecule has 0 radical (unpaired) electrons. The highest BCUT2D eigenvalue weighted by molar-refractivity contribution is 5.93. The molecule has 1 aliphatic heterocycles. The number of likely N-dealkylation sites (tertiary alicyclic amines) is 1. The molecule has 2 rings (SSSR count). The highest BCUT2D eigenvalue weighted by Crippen LogP contribution is 2.26. The van der Waals surface area contributed by atoms with E-state index in [-0.39, 0.29) is 5.91 Å². The van der Waals surface area contributed by atoms with Crippen LogP contribution in [0.3, 0.4) is 0 Å². The molecule has 1 amide bonds. The molecule has 1 aromatic rings. The minimum absolute atomic E-state index is 0.111. The van der Waals surface area contributed by atoms with Crippen LogP contribution in [0.25, 0.3) is 0 Å². The van der Waals surface area contributed by atoms with Crippen LogP contribution in [0.1, 0.15) is 57.9 Å². The van der Waals surface area contributed by atoms with Crippen molar-refractivity contribution in [2.45, 2.75) is 58.4 Å². The second-order valence-electron chi connectivity index (χ2n) is 6.26. The normalized spacial score (nSPS) is 21.0. The van der Waals surface area contributed by atoms with Gasteiger partial charge in [0.05, 0.1) is 6.54 Å². The number of para-hydroxylation sites is 1. The molecule has 1 fully saturated rings. The van der Waals surface area contributed by atoms with E-state index in [0.29, 0.717) is 18.5 Å². The summed E-state index contributed by atoms with van der Waals surface area (Å²) in [4.78, 5) is 14.6. The molecule has 1 aliphatic rings. The van der Waals surface area contributed by atoms with Crippen LogP contribution in [0.2, 0.25) is 0 Å². The Morgan fingerprint density at radius 3 is 2.86 bits per heavy atom. The Morgan fingerprint density at radius 1 is 1.38 bits per heavy atom. The molecular formula is C18H28N2O. The number of anilines is 1. The molecule has 1 heterocycles. The lowest BCUT2D eigenvalue weighted by Crippen LogP contribution is -2.42. The van der Waals surface area contributed by atoms with Gasteiger partial charge in [0.1, 0.15) is 0 Å². The monoisotopic (exact) mass is 288 g/mol. The molecule has 3 nitrogen and oxygen atoms in total. The van der Waals surface area contributed by atoms with E-state index in [0.717, 1.165) is 18.7 Å². The SMILES string of the molecule is CC[C@@H](C)c1ccccc1NC(=O)CN1CCCC[C@@H]1C. The predicted molar refractivity (Wildman–Crippen MR) is 88.7 cm³/mol. The summed E-state index contributed by atoms with van der Waals surface area (Å²) in [5, 5.41) is 3.11. The molecule has 3 heteroatoms. The molecule has 0 unspecified atom stereocenters. The van der Waals surface area contributed by atoms with Gasteiger partial charge < -0.3 is 5.32 Å². The van der Waals surface area contributed by atoms with Crippen LogP contribution in [0.5, 0.6) is 0 Å². The molecule has 0 bridgehead atoms. The Labute approximate surface area is 128 Å². The molecule has 1 N–H and O–H groups in total. The number of amides is 1. The van der Waals surface area contributed by atoms with Crippen LogP contribution in [0.15, 0.2) is 24.3 Å². The first kappa shape index (κ1) is 16.0. The van der Waals surface area contributed by atoms with E-state index in [1.54, 1.807) is 0 Å². The van der Waals surface area contributed by atoms with Gasteiger partial charge in [0.15, 0.2) is 0 Å². The number of nitrogens with one attached hydrogen (secondary N) is 1. The first-order valence-corrected chi connectivity index (χ1v) is 8.24. The van der Waals surface area contributed by atoms with Crippen molar-refractivity contribution in [1.29, 1.82) is 0 Å². The zero-order valence-electron chi connectivity index (χ0n) is 13.6. The number of piperidine rings is 1. The van der Waals surface area contributed by atoms with E-state index in [1.165, 1.54) is 24.8 Å². The molecule has 2 atom stereocenters. The maximum Gasteiger partial charge on any atom is 0.238 e. The van der Waals surface area contributed by atoms with Gasteiger partial charge >= 0.3 is 0 Å². The zero-order valence-corrected chi connectivity index (χ0v) is 13.6. The van der Waals surface area contributed by atoms with Crippen molar-refractivity contribution < 1.29 is 4.79 Å². The summed E-state index contributed by atoms with van der Waals surface area (Å²) in [6.45, 7) is 8.16. The summed E-state index contributed by atoms with van der Waals surface area (Å²) >= 11 is 0. The summed E-state index contributed by atoms with van der Waals surface area (Å²) in [6, 6.07) is 8.69. The Bertz CT molecular complexity index is 472. The fraction of sp³-hybridized carbons (Fsp3) is 0.611. The standard InChI is InChI=1S/C18H28N2O/c1-4-14(2)16-10-5-6-11-17(16)19-18(21)13-20-12-8-7-9-15(20)3/h5-6,10-11,14-15H,4,7-9,12-13H2,1-3H3,(H,19,21)/t14-,15+/m1/s1. The Morgan fingerprint density at radius 2 is 2.14 bits per heavy atom. The molecule has 0 saturated carbocycles. The number of benzene rings is 1. The highest BCUT2D eigenvalue weighted by atomic mass is 16.2. The fourth-order valence-corrected chi connectivity index (χ4v) is 3.03. The highest BCUT2D eigenvalue weighted by Gasteiger charge is 2.21. The number of carbonyl (C=O) groups excluding carboxylic acids is 1. The van der Waals surface area contributed by atoms with Crippen molar-refractivity contribution in [2.75, 3.05) is 18.4 Å². The van der Waals surface area contributed by atoms with Gasteiger partial charge in [-0.2, -0.15) is 0 Å². The number of hydrogen-bond donors (Lipinski definition) is 1. The lowest BCUT2D eigenvalue weighted by Gasteiger charge is -2.32. The van der Waals surface area contributed by atoms with E-state index in [1.807, 2.05) is 18.2 Å². The van der Waals surface area contributed by atoms with Gasteiger partial charge in [-0.05, 0) is 50.3 Å². The van der Waals surface area contributed by atoms with Crippen molar-refractivity contribution in [3.05, 3.63) is 29.8 Å². The van der Waals surface area contributed by atoms with Gasteiger partial charge in [-0.3, -0.25) is 9.69 Å². The summed E-state index contributed by atoms with van der Waals surface area (Å²) < 4.78 is 0. The van der Waals surface area contributed by atoms with E-state index < -0.39 is 0 Å². The summed E-state index contributed by atoms with van der Waals surface area (Å²) in [7, 11) is 0. The maximum atomic E-state index is 12.3. The van der Waals surface area contributed by atoms with Crippen molar-refractivity contribution in [3.63, 3.8) is 0 Å². The van der Waals surface area contributed by atoms with Gasteiger partial charge in [-0.15, -0.1) is 0 Å². The second-order valence-corrected chi connectivity index (χ2v) is 6.26. The summed E-state index contributed by atoms with van der Waals surface area (Å²) in [5.41, 5.74) is 2.21. The summed E-state index contributed by atoms with van der Waals surface area (Å²) in [6.07, 6.45) is 4.78. The molecule has 1 saturated heterocycles. The third kappa shape index (κ3) is 4.31. The van der Waals surface area contributed by atoms with Gasteiger partial charge in [0.2, 0.25) is 5.91 Å². The van der Waals surface area contributed by atoms with Crippen molar-refractivity contribution >= 4 is 11.6 Å². The predicted octanol–water partition coefficient (Wildman–Crippen LogP) is 4.01. The molecular weight excluding hydrogens is 260 g/mol. The van der Waals surface area contributed by atoms with Gasteiger partial charge in [0, 0.05) is 11.7 Å². The number of hydrogen-bond acceptors (Lipinski definition) is 2. The van der Waals surface area contributed by atoms with E-state index in [4.69, 9.17) is 0 Å². The van der Waals surface area contributed by atoms with Gasteiger partial charge in [-0.1, -0.05) is 38.5 Å². The first-order chi connectivity index (χ1) is 10.1. The largest absolute Gasteiger partial charge is 0.325 e. The Balaban J connectivity index is 1.99. The molecule has 1 aromatic carbocycles. The van der Waals surface area contributed by atoms with E-state index in [9.17, 15) is 4.79 Å². The quantitative estimate of drug-likeness (QED) is 0.887. The van der Waals surface area contributed by atoms with Gasteiger partial charge in [-0.25, -0.2) is 0 Å². The molecule has 0 spiro atoms. The van der Waals surface area contributed by atoms with Crippen molar-refractivity contribution in [3.8, 4) is 0 Å². The second kappa shape index (κ2) is 7.60. The first-order valence-electron chi connectivity index (χ1n) is 8.24. The lowest BCUT2D eigenvalue weighted by molar-refractivity contribution is -0.118. The minimum Gasteiger partial charge on any atom is -0.325 e. The Hall–Kier alpha value is -1.35. The average molecular weight is 288 g/mol. The maximum absolute atomic E-state index is 12.3. The molecule has 21 heavy (non-hydrogen) atoms. The van der Waals surface area contributed by atoms with Crippen molar-refractivity contribution in [1.82, 2.24) is 4.90 Å². The van der Waals surface area contributed by atoms with E-state index >= 15 is 0 Å². The van der Waals surface area contributed by atoms with Crippen molar-refractivity contribution in [2.24, 2.45) is 0 Å². The number of carbonyl (C=O) groups is 1. The van der Waals surface area contributed by atoms with Crippen LogP contribution in [-0.2, 0) is 4.79 Å². The lowest BCUT2D eigenvalue weighted by atomic mass is 9.97. The summed E-state index contributed by atoms with van der Waals surface area (Å²) in [5.74, 6) is 0.579. The number of rotatable bonds is 5. The van der Waals surface area contributed by atoms with Crippen LogP contribution in [0.4, 0.5) is 5.69 Å². The van der Waals surface area contributed by atoms with Gasteiger partial charge in [0.25, 0.3) is 0 Å². The third-order valence-corrected chi connectivity index (χ3v) is 4.67. The smallest absolute Gasteiger partial charge is 0.238 e.